The Hall–Kier alpha value is -1.07. The summed E-state index contributed by atoms with van der Waals surface area (Å²) in [6, 6.07) is 7.97. The Balaban J connectivity index is 2.11. The van der Waals surface area contributed by atoms with E-state index in [2.05, 4.69) is 36.5 Å². The van der Waals surface area contributed by atoms with Gasteiger partial charge in [0.25, 0.3) is 0 Å². The first-order chi connectivity index (χ1) is 12.8. The normalized spacial score (nSPS) is 24.1. The number of rotatable bonds is 10. The van der Waals surface area contributed by atoms with Crippen LogP contribution in [0.2, 0.25) is 0 Å². The molecule has 2 rings (SSSR count). The van der Waals surface area contributed by atoms with Crippen LogP contribution in [0.5, 0.6) is 0 Å². The van der Waals surface area contributed by atoms with Crippen LogP contribution < -0.4 is 4.72 Å². The van der Waals surface area contributed by atoms with Crippen molar-refractivity contribution in [2.75, 3.05) is 30.1 Å². The third-order valence-corrected chi connectivity index (χ3v) is 7.65. The molecule has 27 heavy (non-hydrogen) atoms. The summed E-state index contributed by atoms with van der Waals surface area (Å²) in [6.07, 6.45) is 6.89. The lowest BCUT2D eigenvalue weighted by Gasteiger charge is -2.45. The summed E-state index contributed by atoms with van der Waals surface area (Å²) in [6.45, 7) is 12.1. The average Bonchev–Trinajstić information content (AvgIpc) is 2.62. The number of anilines is 1. The lowest BCUT2D eigenvalue weighted by atomic mass is 9.67. The van der Waals surface area contributed by atoms with Gasteiger partial charge in [-0.05, 0) is 55.3 Å². The number of benzene rings is 1. The molecule has 2 atom stereocenters. The van der Waals surface area contributed by atoms with Crippen molar-refractivity contribution in [1.82, 2.24) is 4.90 Å². The maximum absolute atomic E-state index is 12.3. The summed E-state index contributed by atoms with van der Waals surface area (Å²) in [5.41, 5.74) is 1.89. The van der Waals surface area contributed by atoms with Gasteiger partial charge in [0.15, 0.2) is 0 Å². The van der Waals surface area contributed by atoms with E-state index >= 15 is 0 Å². The van der Waals surface area contributed by atoms with Crippen molar-refractivity contribution < 1.29 is 8.42 Å². The van der Waals surface area contributed by atoms with Gasteiger partial charge in [-0.3, -0.25) is 4.72 Å². The summed E-state index contributed by atoms with van der Waals surface area (Å²) in [7, 11) is -3.28. The van der Waals surface area contributed by atoms with Crippen LogP contribution in [0.15, 0.2) is 24.3 Å². The molecule has 1 aromatic rings. The molecule has 2 unspecified atom stereocenters. The van der Waals surface area contributed by atoms with E-state index in [-0.39, 0.29) is 11.2 Å². The molecule has 0 aliphatic carbocycles. The first-order valence-corrected chi connectivity index (χ1v) is 12.3. The minimum atomic E-state index is -3.28. The predicted octanol–water partition coefficient (Wildman–Crippen LogP) is 5.02. The molecule has 5 heteroatoms. The second-order valence-corrected chi connectivity index (χ2v) is 10.2. The van der Waals surface area contributed by atoms with E-state index in [0.717, 1.165) is 30.8 Å². The van der Waals surface area contributed by atoms with Gasteiger partial charge in [0.05, 0.1) is 11.4 Å². The lowest BCUT2D eigenvalue weighted by Crippen LogP contribution is -2.47. The molecule has 1 fully saturated rings. The van der Waals surface area contributed by atoms with Crippen LogP contribution in [0.4, 0.5) is 5.69 Å². The van der Waals surface area contributed by atoms with Crippen molar-refractivity contribution >= 4 is 15.7 Å². The quantitative estimate of drug-likeness (QED) is 0.567. The Kier molecular flexibility index (Phi) is 8.17. The van der Waals surface area contributed by atoms with Crippen LogP contribution in [-0.4, -0.2) is 38.7 Å². The molecular weight excluding hydrogens is 356 g/mol. The smallest absolute Gasteiger partial charge is 0.232 e. The second-order valence-electron chi connectivity index (χ2n) is 8.40. The van der Waals surface area contributed by atoms with Crippen LogP contribution in [0.3, 0.4) is 0 Å². The van der Waals surface area contributed by atoms with Crippen LogP contribution >= 0.6 is 0 Å². The highest BCUT2D eigenvalue weighted by molar-refractivity contribution is 7.92. The van der Waals surface area contributed by atoms with E-state index in [9.17, 15) is 8.42 Å². The van der Waals surface area contributed by atoms with Crippen molar-refractivity contribution in [3.05, 3.63) is 29.8 Å². The fraction of sp³-hybridized carbons (Fsp3) is 0.727. The van der Waals surface area contributed by atoms with Crippen molar-refractivity contribution in [3.8, 4) is 0 Å². The molecule has 1 aliphatic rings. The van der Waals surface area contributed by atoms with Gasteiger partial charge in [-0.25, -0.2) is 8.42 Å². The predicted molar refractivity (Wildman–Crippen MR) is 116 cm³/mol. The molecule has 0 radical (unpaired) electrons. The third kappa shape index (κ3) is 5.95. The monoisotopic (exact) mass is 394 g/mol. The zero-order chi connectivity index (χ0) is 19.9. The summed E-state index contributed by atoms with van der Waals surface area (Å²) in [5, 5.41) is 0. The van der Waals surface area contributed by atoms with E-state index in [4.69, 9.17) is 0 Å². The Bertz CT molecular complexity index is 689. The molecule has 1 aliphatic heterocycles. The highest BCUT2D eigenvalue weighted by Gasteiger charge is 2.39. The van der Waals surface area contributed by atoms with E-state index in [1.807, 2.05) is 25.1 Å². The molecule has 0 saturated carbocycles. The fourth-order valence-electron chi connectivity index (χ4n) is 4.24. The van der Waals surface area contributed by atoms with Crippen LogP contribution in [0.1, 0.15) is 71.8 Å². The average molecular weight is 395 g/mol. The zero-order valence-corrected chi connectivity index (χ0v) is 18.4. The minimum Gasteiger partial charge on any atom is -0.303 e. The van der Waals surface area contributed by atoms with E-state index in [1.165, 1.54) is 32.2 Å². The maximum Gasteiger partial charge on any atom is 0.232 e. The van der Waals surface area contributed by atoms with Gasteiger partial charge in [0.2, 0.25) is 10.0 Å². The Morgan fingerprint density at radius 3 is 2.56 bits per heavy atom. The molecule has 154 valence electrons. The summed E-state index contributed by atoms with van der Waals surface area (Å²) in [4.78, 5) is 2.59. The zero-order valence-electron chi connectivity index (χ0n) is 17.6. The Morgan fingerprint density at radius 2 is 1.89 bits per heavy atom. The van der Waals surface area contributed by atoms with Gasteiger partial charge in [-0.2, -0.15) is 0 Å². The number of nitrogens with one attached hydrogen (secondary N) is 1. The summed E-state index contributed by atoms with van der Waals surface area (Å²) >= 11 is 0. The van der Waals surface area contributed by atoms with Gasteiger partial charge in [0, 0.05) is 6.54 Å². The van der Waals surface area contributed by atoms with Crippen molar-refractivity contribution in [2.24, 2.45) is 5.92 Å². The topological polar surface area (TPSA) is 49.4 Å². The van der Waals surface area contributed by atoms with Gasteiger partial charge in [-0.1, -0.05) is 65.2 Å². The molecule has 4 nitrogen and oxygen atoms in total. The van der Waals surface area contributed by atoms with Gasteiger partial charge in [-0.15, -0.1) is 0 Å². The molecule has 0 aromatic heterocycles. The summed E-state index contributed by atoms with van der Waals surface area (Å²) < 4.78 is 27.5. The molecule has 1 N–H and O–H groups in total. The van der Waals surface area contributed by atoms with Gasteiger partial charge < -0.3 is 4.90 Å². The van der Waals surface area contributed by atoms with Crippen LogP contribution in [-0.2, 0) is 15.4 Å². The number of nitrogens with zero attached hydrogens (tertiary/aromatic N) is 1. The molecule has 1 heterocycles. The SMILES string of the molecule is CCCCCCN1CCC(C)(c2ccccc2NS(=O)(=O)CCC)C(C)C1. The molecule has 1 aromatic carbocycles. The van der Waals surface area contributed by atoms with Crippen molar-refractivity contribution in [3.63, 3.8) is 0 Å². The molecular formula is C22H38N2O2S. The number of hydrogen-bond acceptors (Lipinski definition) is 3. The second kappa shape index (κ2) is 9.92. The highest BCUT2D eigenvalue weighted by Crippen LogP contribution is 2.42. The maximum atomic E-state index is 12.3. The first kappa shape index (κ1) is 22.2. The van der Waals surface area contributed by atoms with Crippen LogP contribution in [0, 0.1) is 5.92 Å². The van der Waals surface area contributed by atoms with E-state index in [0.29, 0.717) is 12.3 Å². The van der Waals surface area contributed by atoms with Crippen molar-refractivity contribution in [1.29, 1.82) is 0 Å². The number of hydrogen-bond donors (Lipinski definition) is 1. The molecule has 0 bridgehead atoms. The number of para-hydroxylation sites is 1. The number of likely N-dealkylation sites (tertiary alicyclic amines) is 1. The van der Waals surface area contributed by atoms with Crippen LogP contribution in [0.25, 0.3) is 0 Å². The van der Waals surface area contributed by atoms with Crippen molar-refractivity contribution in [2.45, 2.75) is 71.6 Å². The highest BCUT2D eigenvalue weighted by atomic mass is 32.2. The largest absolute Gasteiger partial charge is 0.303 e. The number of piperidine rings is 1. The number of sulfonamides is 1. The lowest BCUT2D eigenvalue weighted by molar-refractivity contribution is 0.110. The molecule has 0 spiro atoms. The van der Waals surface area contributed by atoms with Gasteiger partial charge in [0.1, 0.15) is 0 Å². The molecule has 0 amide bonds. The first-order valence-electron chi connectivity index (χ1n) is 10.6. The Morgan fingerprint density at radius 1 is 1.15 bits per heavy atom. The van der Waals surface area contributed by atoms with E-state index < -0.39 is 10.0 Å². The third-order valence-electron chi connectivity index (χ3n) is 6.18. The minimum absolute atomic E-state index is 0.00868. The Labute approximate surface area is 166 Å². The van der Waals surface area contributed by atoms with Gasteiger partial charge >= 0.3 is 0 Å². The summed E-state index contributed by atoms with van der Waals surface area (Å²) in [5.74, 6) is 0.647. The molecule has 1 saturated heterocycles. The fourth-order valence-corrected chi connectivity index (χ4v) is 5.39. The number of unbranched alkanes of at least 4 members (excludes halogenated alkanes) is 3. The van der Waals surface area contributed by atoms with E-state index in [1.54, 1.807) is 0 Å². The standard InChI is InChI=1S/C22H38N2O2S/c1-5-7-8-11-15-24-16-14-22(4,19(3)18-24)20-12-9-10-13-21(20)23-27(25,26)17-6-2/h9-10,12-13,19,23H,5-8,11,14-18H2,1-4H3.